The van der Waals surface area contributed by atoms with E-state index in [0.29, 0.717) is 35.6 Å². The molecule has 2 aromatic carbocycles. The summed E-state index contributed by atoms with van der Waals surface area (Å²) >= 11 is 0. The standard InChI is InChI=1S/C21H23NO5/c1-26-17-9-11-20(27-2)18(14-17)19(24)10-6-15-4-7-16(8-5-15)21(25)22-12-3-13-23/h4-11,14,23H,3,12-13H2,1-2H3,(H,22,25)/b10-6+. The van der Waals surface area contributed by atoms with Gasteiger partial charge >= 0.3 is 0 Å². The van der Waals surface area contributed by atoms with E-state index in [0.717, 1.165) is 5.56 Å². The van der Waals surface area contributed by atoms with Gasteiger partial charge < -0.3 is 19.9 Å². The van der Waals surface area contributed by atoms with Crippen molar-refractivity contribution in [2.24, 2.45) is 0 Å². The molecule has 0 aromatic heterocycles. The van der Waals surface area contributed by atoms with Crippen molar-refractivity contribution in [1.82, 2.24) is 5.32 Å². The molecular weight excluding hydrogens is 346 g/mol. The first-order valence-corrected chi connectivity index (χ1v) is 8.52. The van der Waals surface area contributed by atoms with Gasteiger partial charge in [0.15, 0.2) is 5.78 Å². The third-order valence-electron chi connectivity index (χ3n) is 3.89. The first kappa shape index (κ1) is 20.2. The number of carbonyl (C=O) groups excluding carboxylic acids is 2. The smallest absolute Gasteiger partial charge is 0.251 e. The van der Waals surface area contributed by atoms with Crippen LogP contribution in [-0.4, -0.2) is 44.2 Å². The summed E-state index contributed by atoms with van der Waals surface area (Å²) in [5.74, 6) is 0.636. The molecule has 0 fully saturated rings. The SMILES string of the molecule is COc1ccc(OC)c(C(=O)/C=C/c2ccc(C(=O)NCCCO)cc2)c1. The van der Waals surface area contributed by atoms with Gasteiger partial charge in [0, 0.05) is 18.7 Å². The van der Waals surface area contributed by atoms with Gasteiger partial charge in [-0.2, -0.15) is 0 Å². The van der Waals surface area contributed by atoms with E-state index in [-0.39, 0.29) is 18.3 Å². The van der Waals surface area contributed by atoms with Crippen molar-refractivity contribution in [2.45, 2.75) is 6.42 Å². The molecule has 0 bridgehead atoms. The van der Waals surface area contributed by atoms with E-state index in [2.05, 4.69) is 5.32 Å². The molecule has 6 nitrogen and oxygen atoms in total. The van der Waals surface area contributed by atoms with Gasteiger partial charge in [-0.3, -0.25) is 9.59 Å². The first-order valence-electron chi connectivity index (χ1n) is 8.52. The average molecular weight is 369 g/mol. The number of ether oxygens (including phenoxy) is 2. The Labute approximate surface area is 158 Å². The van der Waals surface area contributed by atoms with E-state index in [1.165, 1.54) is 20.3 Å². The predicted molar refractivity (Wildman–Crippen MR) is 103 cm³/mol. The normalized spacial score (nSPS) is 10.6. The van der Waals surface area contributed by atoms with Crippen LogP contribution in [0.4, 0.5) is 0 Å². The lowest BCUT2D eigenvalue weighted by Gasteiger charge is -2.08. The molecule has 0 aliphatic heterocycles. The van der Waals surface area contributed by atoms with Gasteiger partial charge in [0.25, 0.3) is 5.91 Å². The Kier molecular flexibility index (Phi) is 7.58. The number of aliphatic hydroxyl groups excluding tert-OH is 1. The second-order valence-electron chi connectivity index (χ2n) is 5.72. The number of methoxy groups -OCH3 is 2. The van der Waals surface area contributed by atoms with Crippen molar-refractivity contribution in [2.75, 3.05) is 27.4 Å². The van der Waals surface area contributed by atoms with Crippen molar-refractivity contribution >= 4 is 17.8 Å². The van der Waals surface area contributed by atoms with Gasteiger partial charge in [-0.05, 0) is 48.4 Å². The van der Waals surface area contributed by atoms with Crippen LogP contribution in [-0.2, 0) is 0 Å². The van der Waals surface area contributed by atoms with E-state index in [9.17, 15) is 9.59 Å². The van der Waals surface area contributed by atoms with Gasteiger partial charge in [0.05, 0.1) is 19.8 Å². The second kappa shape index (κ2) is 10.1. The minimum Gasteiger partial charge on any atom is -0.497 e. The zero-order valence-electron chi connectivity index (χ0n) is 15.4. The van der Waals surface area contributed by atoms with E-state index in [4.69, 9.17) is 14.6 Å². The first-order chi connectivity index (χ1) is 13.1. The van der Waals surface area contributed by atoms with E-state index in [1.807, 2.05) is 0 Å². The van der Waals surface area contributed by atoms with Crippen molar-refractivity contribution in [1.29, 1.82) is 0 Å². The number of ketones is 1. The monoisotopic (exact) mass is 369 g/mol. The number of aliphatic hydroxyl groups is 1. The maximum absolute atomic E-state index is 12.5. The summed E-state index contributed by atoms with van der Waals surface area (Å²) in [4.78, 5) is 24.4. The molecule has 0 unspecified atom stereocenters. The number of amides is 1. The van der Waals surface area contributed by atoms with Gasteiger partial charge in [0.1, 0.15) is 11.5 Å². The lowest BCUT2D eigenvalue weighted by molar-refractivity contribution is 0.0950. The minimum absolute atomic E-state index is 0.0378. The summed E-state index contributed by atoms with van der Waals surface area (Å²) in [6.45, 7) is 0.462. The van der Waals surface area contributed by atoms with E-state index < -0.39 is 0 Å². The largest absolute Gasteiger partial charge is 0.497 e. The average Bonchev–Trinajstić information content (AvgIpc) is 2.71. The highest BCUT2D eigenvalue weighted by molar-refractivity contribution is 6.09. The number of allylic oxidation sites excluding steroid dienone is 1. The zero-order chi connectivity index (χ0) is 19.6. The molecule has 27 heavy (non-hydrogen) atoms. The Morgan fingerprint density at radius 3 is 2.44 bits per heavy atom. The van der Waals surface area contributed by atoms with E-state index in [1.54, 1.807) is 48.5 Å². The summed E-state index contributed by atoms with van der Waals surface area (Å²) in [6.07, 6.45) is 3.64. The van der Waals surface area contributed by atoms with Crippen molar-refractivity contribution in [3.05, 3.63) is 65.2 Å². The minimum atomic E-state index is -0.212. The zero-order valence-corrected chi connectivity index (χ0v) is 15.4. The highest BCUT2D eigenvalue weighted by Crippen LogP contribution is 2.24. The summed E-state index contributed by atoms with van der Waals surface area (Å²) in [6, 6.07) is 11.9. The molecule has 0 atom stereocenters. The number of rotatable bonds is 9. The Balaban J connectivity index is 2.07. The molecule has 2 aromatic rings. The third-order valence-corrected chi connectivity index (χ3v) is 3.89. The molecule has 0 spiro atoms. The van der Waals surface area contributed by atoms with Crippen LogP contribution < -0.4 is 14.8 Å². The summed E-state index contributed by atoms with van der Waals surface area (Å²) < 4.78 is 10.4. The maximum atomic E-state index is 12.5. The maximum Gasteiger partial charge on any atom is 0.251 e. The molecule has 2 rings (SSSR count). The summed E-state index contributed by atoms with van der Waals surface area (Å²) in [5, 5.41) is 11.5. The van der Waals surface area contributed by atoms with Crippen molar-refractivity contribution in [3.63, 3.8) is 0 Å². The fraction of sp³-hybridized carbons (Fsp3) is 0.238. The van der Waals surface area contributed by atoms with Crippen LogP contribution in [0, 0.1) is 0 Å². The van der Waals surface area contributed by atoms with Crippen molar-refractivity contribution in [3.8, 4) is 11.5 Å². The van der Waals surface area contributed by atoms with Crippen LogP contribution in [0.25, 0.3) is 6.08 Å². The molecule has 6 heteroatoms. The Morgan fingerprint density at radius 2 is 1.81 bits per heavy atom. The summed E-state index contributed by atoms with van der Waals surface area (Å²) in [7, 11) is 3.04. The van der Waals surface area contributed by atoms with Crippen LogP contribution >= 0.6 is 0 Å². The van der Waals surface area contributed by atoms with Gasteiger partial charge in [-0.15, -0.1) is 0 Å². The fourth-order valence-electron chi connectivity index (χ4n) is 2.40. The molecule has 0 aliphatic carbocycles. The highest BCUT2D eigenvalue weighted by Gasteiger charge is 2.11. The van der Waals surface area contributed by atoms with Gasteiger partial charge in [-0.1, -0.05) is 18.2 Å². The highest BCUT2D eigenvalue weighted by atomic mass is 16.5. The molecule has 0 radical (unpaired) electrons. The second-order valence-corrected chi connectivity index (χ2v) is 5.72. The molecule has 0 saturated heterocycles. The van der Waals surface area contributed by atoms with Crippen LogP contribution in [0.5, 0.6) is 11.5 Å². The third kappa shape index (κ3) is 5.69. The number of hydrogen-bond acceptors (Lipinski definition) is 5. The summed E-state index contributed by atoms with van der Waals surface area (Å²) in [5.41, 5.74) is 1.72. The molecule has 0 aliphatic rings. The number of nitrogens with one attached hydrogen (secondary N) is 1. The van der Waals surface area contributed by atoms with Crippen molar-refractivity contribution < 1.29 is 24.2 Å². The van der Waals surface area contributed by atoms with Gasteiger partial charge in [-0.25, -0.2) is 0 Å². The molecular formula is C21H23NO5. The lowest BCUT2D eigenvalue weighted by Crippen LogP contribution is -2.24. The Hall–Kier alpha value is -3.12. The predicted octanol–water partition coefficient (Wildman–Crippen LogP) is 2.71. The van der Waals surface area contributed by atoms with Gasteiger partial charge in [0.2, 0.25) is 0 Å². The fourth-order valence-corrected chi connectivity index (χ4v) is 2.40. The Bertz CT molecular complexity index is 812. The molecule has 142 valence electrons. The molecule has 0 saturated carbocycles. The number of hydrogen-bond donors (Lipinski definition) is 2. The van der Waals surface area contributed by atoms with Crippen LogP contribution in [0.3, 0.4) is 0 Å². The number of carbonyl (C=O) groups is 2. The lowest BCUT2D eigenvalue weighted by atomic mass is 10.1. The quantitative estimate of drug-likeness (QED) is 0.403. The van der Waals surface area contributed by atoms with Crippen LogP contribution in [0.15, 0.2) is 48.5 Å². The van der Waals surface area contributed by atoms with Crippen LogP contribution in [0.1, 0.15) is 32.7 Å². The molecule has 0 heterocycles. The molecule has 2 N–H and O–H groups in total. The number of benzene rings is 2. The molecule has 1 amide bonds. The topological polar surface area (TPSA) is 84.9 Å². The van der Waals surface area contributed by atoms with E-state index >= 15 is 0 Å². The Morgan fingerprint density at radius 1 is 1.07 bits per heavy atom. The van der Waals surface area contributed by atoms with Crippen LogP contribution in [0.2, 0.25) is 0 Å².